The van der Waals surface area contributed by atoms with Crippen LogP contribution < -0.4 is 9.47 Å². The molecule has 0 saturated carbocycles. The highest BCUT2D eigenvalue weighted by Gasteiger charge is 2.20. The fourth-order valence-electron chi connectivity index (χ4n) is 3.51. The van der Waals surface area contributed by atoms with E-state index in [9.17, 15) is 5.26 Å². The molecule has 3 aromatic rings. The zero-order valence-electron chi connectivity index (χ0n) is 16.4. The fraction of sp³-hybridized carbons (Fsp3) is 0.250. The van der Waals surface area contributed by atoms with Crippen LogP contribution in [0.2, 0.25) is 0 Å². The Morgan fingerprint density at radius 2 is 1.93 bits per heavy atom. The number of thiophene rings is 1. The first-order valence-electron chi connectivity index (χ1n) is 9.72. The summed E-state index contributed by atoms with van der Waals surface area (Å²) in [6, 6.07) is 18.1. The Morgan fingerprint density at radius 1 is 1.10 bits per heavy atom. The summed E-state index contributed by atoms with van der Waals surface area (Å²) in [6.07, 6.45) is 6.20. The van der Waals surface area contributed by atoms with Crippen molar-refractivity contribution in [3.63, 3.8) is 0 Å². The molecule has 29 heavy (non-hydrogen) atoms. The molecule has 0 spiro atoms. The van der Waals surface area contributed by atoms with Gasteiger partial charge in [-0.05, 0) is 60.6 Å². The molecule has 1 heterocycles. The number of aryl methyl sites for hydroxylation is 1. The first-order chi connectivity index (χ1) is 14.3. The number of hydrogen-bond acceptors (Lipinski definition) is 5. The summed E-state index contributed by atoms with van der Waals surface area (Å²) >= 11 is 1.65. The van der Waals surface area contributed by atoms with Gasteiger partial charge in [-0.15, -0.1) is 11.3 Å². The minimum Gasteiger partial charge on any atom is -0.493 e. The first-order valence-corrected chi connectivity index (χ1v) is 10.5. The molecule has 0 saturated heterocycles. The number of fused-ring (bicyclic) bond motifs is 1. The van der Waals surface area contributed by atoms with Crippen LogP contribution in [0.15, 0.2) is 53.5 Å². The maximum Gasteiger partial charge on any atom is 0.161 e. The van der Waals surface area contributed by atoms with Crippen LogP contribution in [0.5, 0.6) is 11.5 Å². The molecular weight excluding hydrogens is 380 g/mol. The second-order valence-corrected chi connectivity index (χ2v) is 8.03. The minimum atomic E-state index is 0.483. The summed E-state index contributed by atoms with van der Waals surface area (Å²) in [5, 5.41) is 10.4. The number of benzene rings is 2. The van der Waals surface area contributed by atoms with Crippen molar-refractivity contribution < 1.29 is 9.47 Å². The molecule has 0 bridgehead atoms. The zero-order valence-corrected chi connectivity index (χ0v) is 17.2. The molecule has 146 valence electrons. The van der Waals surface area contributed by atoms with Crippen LogP contribution in [0.4, 0.5) is 5.00 Å². The van der Waals surface area contributed by atoms with Crippen molar-refractivity contribution in [2.75, 3.05) is 7.11 Å². The normalized spacial score (nSPS) is 13.1. The predicted octanol–water partition coefficient (Wildman–Crippen LogP) is 5.84. The van der Waals surface area contributed by atoms with Crippen LogP contribution in [0.25, 0.3) is 0 Å². The number of nitrogens with zero attached hydrogens (tertiary/aromatic N) is 2. The molecule has 5 heteroatoms. The van der Waals surface area contributed by atoms with Gasteiger partial charge in [0.2, 0.25) is 0 Å². The van der Waals surface area contributed by atoms with E-state index in [2.05, 4.69) is 11.1 Å². The van der Waals surface area contributed by atoms with Gasteiger partial charge in [0.25, 0.3) is 0 Å². The molecule has 1 aliphatic carbocycles. The van der Waals surface area contributed by atoms with Crippen molar-refractivity contribution >= 4 is 22.6 Å². The van der Waals surface area contributed by atoms with E-state index in [-0.39, 0.29) is 0 Å². The third kappa shape index (κ3) is 4.33. The fourth-order valence-corrected chi connectivity index (χ4v) is 4.69. The molecular formula is C24H22N2O2S. The maximum absolute atomic E-state index is 9.58. The third-order valence-corrected chi connectivity index (χ3v) is 6.22. The standard InChI is InChI=1S/C24H22N2O2S/c1-27-22-13-18(11-12-21(22)28-16-17-7-3-2-4-8-17)15-26-24-20(14-25)19-9-5-6-10-23(19)29-24/h2-4,7-8,11-13,15H,5-6,9-10,16H2,1H3. The molecule has 2 aromatic carbocycles. The van der Waals surface area contributed by atoms with Crippen LogP contribution in [-0.2, 0) is 19.4 Å². The van der Waals surface area contributed by atoms with E-state index in [1.165, 1.54) is 16.9 Å². The lowest BCUT2D eigenvalue weighted by Gasteiger charge is -2.11. The van der Waals surface area contributed by atoms with Crippen LogP contribution in [-0.4, -0.2) is 13.3 Å². The Labute approximate surface area is 175 Å². The van der Waals surface area contributed by atoms with Crippen LogP contribution >= 0.6 is 11.3 Å². The van der Waals surface area contributed by atoms with Gasteiger partial charge in [-0.2, -0.15) is 5.26 Å². The molecule has 4 nitrogen and oxygen atoms in total. The van der Waals surface area contributed by atoms with Crippen molar-refractivity contribution in [3.8, 4) is 17.6 Å². The number of aliphatic imine (C=N–C) groups is 1. The topological polar surface area (TPSA) is 54.6 Å². The molecule has 0 N–H and O–H groups in total. The van der Waals surface area contributed by atoms with Gasteiger partial charge < -0.3 is 9.47 Å². The van der Waals surface area contributed by atoms with E-state index in [4.69, 9.17) is 9.47 Å². The lowest BCUT2D eigenvalue weighted by molar-refractivity contribution is 0.284. The summed E-state index contributed by atoms with van der Waals surface area (Å²) in [4.78, 5) is 5.95. The first kappa shape index (κ1) is 19.2. The lowest BCUT2D eigenvalue weighted by atomic mass is 9.96. The number of nitriles is 1. The van der Waals surface area contributed by atoms with Crippen LogP contribution in [0.3, 0.4) is 0 Å². The zero-order chi connectivity index (χ0) is 20.1. The van der Waals surface area contributed by atoms with Crippen LogP contribution in [0, 0.1) is 11.3 Å². The van der Waals surface area contributed by atoms with Crippen molar-refractivity contribution in [2.45, 2.75) is 32.3 Å². The quantitative estimate of drug-likeness (QED) is 0.487. The summed E-state index contributed by atoms with van der Waals surface area (Å²) in [5.74, 6) is 1.36. The summed E-state index contributed by atoms with van der Waals surface area (Å²) in [6.45, 7) is 0.483. The number of hydrogen-bond donors (Lipinski definition) is 0. The Hall–Kier alpha value is -3.10. The smallest absolute Gasteiger partial charge is 0.161 e. The van der Waals surface area contributed by atoms with Crippen molar-refractivity contribution in [2.24, 2.45) is 4.99 Å². The van der Waals surface area contributed by atoms with Gasteiger partial charge in [-0.25, -0.2) is 4.99 Å². The van der Waals surface area contributed by atoms with Crippen molar-refractivity contribution in [1.29, 1.82) is 5.26 Å². The number of methoxy groups -OCH3 is 1. The third-order valence-electron chi connectivity index (χ3n) is 5.02. The molecule has 0 amide bonds. The largest absolute Gasteiger partial charge is 0.493 e. The maximum atomic E-state index is 9.58. The van der Waals surface area contributed by atoms with Gasteiger partial charge in [0, 0.05) is 11.1 Å². The Morgan fingerprint density at radius 3 is 2.72 bits per heavy atom. The van der Waals surface area contributed by atoms with Gasteiger partial charge in [-0.1, -0.05) is 30.3 Å². The molecule has 0 fully saturated rings. The average Bonchev–Trinajstić information content (AvgIpc) is 3.14. The highest BCUT2D eigenvalue weighted by atomic mass is 32.1. The van der Waals surface area contributed by atoms with E-state index in [0.29, 0.717) is 18.1 Å². The monoisotopic (exact) mass is 402 g/mol. The summed E-state index contributed by atoms with van der Waals surface area (Å²) < 4.78 is 11.4. The Bertz CT molecular complexity index is 1060. The summed E-state index contributed by atoms with van der Waals surface area (Å²) in [5.41, 5.74) is 3.96. The second-order valence-electron chi connectivity index (χ2n) is 6.95. The van der Waals surface area contributed by atoms with Crippen molar-refractivity contribution in [3.05, 3.63) is 75.7 Å². The van der Waals surface area contributed by atoms with E-state index in [1.54, 1.807) is 24.7 Å². The van der Waals surface area contributed by atoms with Gasteiger partial charge in [0.1, 0.15) is 17.7 Å². The number of ether oxygens (including phenoxy) is 2. The lowest BCUT2D eigenvalue weighted by Crippen LogP contribution is -1.99. The average molecular weight is 403 g/mol. The Kier molecular flexibility index (Phi) is 5.92. The predicted molar refractivity (Wildman–Crippen MR) is 117 cm³/mol. The van der Waals surface area contributed by atoms with Gasteiger partial charge in [-0.3, -0.25) is 0 Å². The molecule has 0 unspecified atom stereocenters. The number of rotatable bonds is 6. The van der Waals surface area contributed by atoms with Crippen molar-refractivity contribution in [1.82, 2.24) is 0 Å². The van der Waals surface area contributed by atoms with E-state index in [1.807, 2.05) is 48.5 Å². The van der Waals surface area contributed by atoms with E-state index in [0.717, 1.165) is 41.0 Å². The molecule has 0 radical (unpaired) electrons. The SMILES string of the molecule is COc1cc(C=Nc2sc3c(c2C#N)CCCC3)ccc1OCc1ccccc1. The van der Waals surface area contributed by atoms with E-state index >= 15 is 0 Å². The second kappa shape index (κ2) is 8.93. The minimum absolute atomic E-state index is 0.483. The molecule has 1 aromatic heterocycles. The van der Waals surface area contributed by atoms with Gasteiger partial charge in [0.15, 0.2) is 11.5 Å². The highest BCUT2D eigenvalue weighted by Crippen LogP contribution is 2.39. The molecule has 0 atom stereocenters. The van der Waals surface area contributed by atoms with Gasteiger partial charge >= 0.3 is 0 Å². The highest BCUT2D eigenvalue weighted by molar-refractivity contribution is 7.16. The molecule has 0 aliphatic heterocycles. The van der Waals surface area contributed by atoms with Gasteiger partial charge in [0.05, 0.1) is 12.7 Å². The Balaban J connectivity index is 1.52. The molecule has 4 rings (SSSR count). The summed E-state index contributed by atoms with van der Waals surface area (Å²) in [7, 11) is 1.63. The molecule has 1 aliphatic rings. The van der Waals surface area contributed by atoms with Crippen LogP contribution in [0.1, 0.15) is 40.0 Å². The van der Waals surface area contributed by atoms with E-state index < -0.39 is 0 Å².